The molecule has 0 atom stereocenters. The first-order valence-corrected chi connectivity index (χ1v) is 9.47. The van der Waals surface area contributed by atoms with Crippen LogP contribution in [0.2, 0.25) is 5.02 Å². The quantitative estimate of drug-likeness (QED) is 0.820. The maximum atomic E-state index is 12.5. The van der Waals surface area contributed by atoms with Crippen LogP contribution in [0.3, 0.4) is 0 Å². The number of nitrogens with one attached hydrogen (secondary N) is 2. The Morgan fingerprint density at radius 2 is 2.00 bits per heavy atom. The summed E-state index contributed by atoms with van der Waals surface area (Å²) in [7, 11) is 3.75. The van der Waals surface area contributed by atoms with Gasteiger partial charge in [0.2, 0.25) is 0 Å². The fraction of sp³-hybridized carbons (Fsp3) is 0.421. The number of hydrogen-bond acceptors (Lipinski definition) is 6. The zero-order valence-electron chi connectivity index (χ0n) is 15.9. The van der Waals surface area contributed by atoms with E-state index in [-0.39, 0.29) is 5.91 Å². The van der Waals surface area contributed by atoms with E-state index in [4.69, 9.17) is 11.6 Å². The van der Waals surface area contributed by atoms with Crippen molar-refractivity contribution in [2.45, 2.75) is 13.3 Å². The van der Waals surface area contributed by atoms with Crippen LogP contribution in [-0.2, 0) is 6.42 Å². The molecule has 1 amide bonds. The van der Waals surface area contributed by atoms with Gasteiger partial charge in [-0.15, -0.1) is 0 Å². The summed E-state index contributed by atoms with van der Waals surface area (Å²) in [6, 6.07) is 5.85. The normalized spacial score (nSPS) is 14.9. The molecule has 0 spiro atoms. The number of likely N-dealkylation sites (N-methyl/N-ethyl adjacent to an activating group) is 1. The lowest BCUT2D eigenvalue weighted by molar-refractivity contribution is 0.0964. The molecule has 0 unspecified atom stereocenters. The van der Waals surface area contributed by atoms with Gasteiger partial charge in [0.25, 0.3) is 5.91 Å². The zero-order chi connectivity index (χ0) is 19.4. The first kappa shape index (κ1) is 19.4. The molecule has 2 N–H and O–H groups in total. The molecule has 7 nitrogen and oxygen atoms in total. The van der Waals surface area contributed by atoms with Crippen molar-refractivity contribution in [2.75, 3.05) is 50.5 Å². The zero-order valence-corrected chi connectivity index (χ0v) is 16.7. The molecule has 1 aliphatic rings. The highest BCUT2D eigenvalue weighted by molar-refractivity contribution is 6.32. The minimum Gasteiger partial charge on any atom is -0.369 e. The largest absolute Gasteiger partial charge is 0.369 e. The van der Waals surface area contributed by atoms with Crippen molar-refractivity contribution in [3.05, 3.63) is 40.8 Å². The Morgan fingerprint density at radius 1 is 1.26 bits per heavy atom. The van der Waals surface area contributed by atoms with Gasteiger partial charge in [-0.3, -0.25) is 4.79 Å². The first-order valence-electron chi connectivity index (χ1n) is 9.10. The number of carbonyl (C=O) groups is 1. The molecule has 2 aromatic rings. The minimum absolute atomic E-state index is 0.158. The van der Waals surface area contributed by atoms with E-state index in [9.17, 15) is 4.79 Å². The highest BCUT2D eigenvalue weighted by atomic mass is 35.5. The lowest BCUT2D eigenvalue weighted by Gasteiger charge is -2.34. The summed E-state index contributed by atoms with van der Waals surface area (Å²) in [5.74, 6) is 1.04. The fourth-order valence-electron chi connectivity index (χ4n) is 3.01. The number of amides is 1. The van der Waals surface area contributed by atoms with Crippen LogP contribution < -0.4 is 15.5 Å². The van der Waals surface area contributed by atoms with E-state index in [1.165, 1.54) is 0 Å². The number of nitrogens with zero attached hydrogens (tertiary/aromatic N) is 4. The Hall–Kier alpha value is -2.38. The lowest BCUT2D eigenvalue weighted by atomic mass is 10.1. The number of anilines is 3. The van der Waals surface area contributed by atoms with Crippen LogP contribution >= 0.6 is 11.6 Å². The highest BCUT2D eigenvalue weighted by Crippen LogP contribution is 2.29. The second kappa shape index (κ2) is 8.54. The molecule has 1 saturated heterocycles. The third-order valence-electron chi connectivity index (χ3n) is 4.71. The second-order valence-electron chi connectivity index (χ2n) is 6.56. The van der Waals surface area contributed by atoms with Gasteiger partial charge in [-0.1, -0.05) is 18.5 Å². The van der Waals surface area contributed by atoms with Crippen molar-refractivity contribution in [3.8, 4) is 0 Å². The lowest BCUT2D eigenvalue weighted by Crippen LogP contribution is -2.44. The summed E-state index contributed by atoms with van der Waals surface area (Å²) < 4.78 is 0. The Balaban J connectivity index is 1.92. The van der Waals surface area contributed by atoms with Crippen LogP contribution in [0.25, 0.3) is 0 Å². The summed E-state index contributed by atoms with van der Waals surface area (Å²) in [6.07, 6.45) is 2.28. The summed E-state index contributed by atoms with van der Waals surface area (Å²) in [6.45, 7) is 5.87. The number of carbonyl (C=O) groups excluding carboxylic acids is 1. The molecule has 144 valence electrons. The van der Waals surface area contributed by atoms with E-state index < -0.39 is 0 Å². The van der Waals surface area contributed by atoms with E-state index in [2.05, 4.69) is 37.4 Å². The van der Waals surface area contributed by atoms with Crippen molar-refractivity contribution in [1.82, 2.24) is 20.2 Å². The van der Waals surface area contributed by atoms with Crippen LogP contribution in [-0.4, -0.2) is 61.0 Å². The Morgan fingerprint density at radius 3 is 2.67 bits per heavy atom. The second-order valence-corrected chi connectivity index (χ2v) is 6.97. The molecule has 0 radical (unpaired) electrons. The number of aromatic nitrogens is 2. The minimum atomic E-state index is -0.158. The molecule has 0 aliphatic carbocycles. The number of piperazine rings is 1. The van der Waals surface area contributed by atoms with Gasteiger partial charge in [0.15, 0.2) is 5.82 Å². The van der Waals surface area contributed by atoms with Gasteiger partial charge in [0, 0.05) is 45.3 Å². The van der Waals surface area contributed by atoms with Crippen LogP contribution in [0.1, 0.15) is 23.1 Å². The Kier molecular flexibility index (Phi) is 6.13. The summed E-state index contributed by atoms with van der Waals surface area (Å²) in [4.78, 5) is 25.7. The molecule has 2 heterocycles. The average Bonchev–Trinajstić information content (AvgIpc) is 2.70. The van der Waals surface area contributed by atoms with Crippen molar-refractivity contribution >= 4 is 34.7 Å². The summed E-state index contributed by atoms with van der Waals surface area (Å²) >= 11 is 6.23. The van der Waals surface area contributed by atoms with Crippen molar-refractivity contribution in [2.24, 2.45) is 0 Å². The van der Waals surface area contributed by atoms with Crippen molar-refractivity contribution in [3.63, 3.8) is 0 Å². The molecule has 8 heteroatoms. The van der Waals surface area contributed by atoms with Gasteiger partial charge in [0.05, 0.1) is 17.4 Å². The van der Waals surface area contributed by atoms with Crippen molar-refractivity contribution < 1.29 is 4.79 Å². The molecule has 1 aromatic heterocycles. The number of rotatable bonds is 5. The predicted octanol–water partition coefficient (Wildman–Crippen LogP) is 2.55. The fourth-order valence-corrected chi connectivity index (χ4v) is 3.15. The molecule has 1 aliphatic heterocycles. The molecular formula is C19H25ClN6O. The monoisotopic (exact) mass is 388 g/mol. The maximum absolute atomic E-state index is 12.5. The SMILES string of the molecule is CCc1ncc(Cl)c(Nc2ccc(N3CCN(C)CC3)cc2C(=O)NC)n1. The van der Waals surface area contributed by atoms with E-state index >= 15 is 0 Å². The van der Waals surface area contributed by atoms with E-state index in [1.54, 1.807) is 13.2 Å². The van der Waals surface area contributed by atoms with Gasteiger partial charge >= 0.3 is 0 Å². The summed E-state index contributed by atoms with van der Waals surface area (Å²) in [5, 5.41) is 6.32. The smallest absolute Gasteiger partial charge is 0.253 e. The number of benzene rings is 1. The molecule has 0 saturated carbocycles. The third kappa shape index (κ3) is 4.48. The molecule has 1 aromatic carbocycles. The number of aryl methyl sites for hydroxylation is 1. The summed E-state index contributed by atoms with van der Waals surface area (Å²) in [5.41, 5.74) is 2.26. The first-order chi connectivity index (χ1) is 13.0. The Bertz CT molecular complexity index is 820. The average molecular weight is 389 g/mol. The van der Waals surface area contributed by atoms with Crippen LogP contribution in [0.15, 0.2) is 24.4 Å². The predicted molar refractivity (Wildman–Crippen MR) is 109 cm³/mol. The van der Waals surface area contributed by atoms with Crippen LogP contribution in [0, 0.1) is 0 Å². The van der Waals surface area contributed by atoms with E-state index in [0.717, 1.165) is 31.9 Å². The molecule has 0 bridgehead atoms. The molecule has 27 heavy (non-hydrogen) atoms. The van der Waals surface area contributed by atoms with Crippen LogP contribution in [0.4, 0.5) is 17.2 Å². The van der Waals surface area contributed by atoms with Crippen LogP contribution in [0.5, 0.6) is 0 Å². The van der Waals surface area contributed by atoms with E-state index in [0.29, 0.717) is 34.3 Å². The third-order valence-corrected chi connectivity index (χ3v) is 4.98. The standard InChI is InChI=1S/C19H25ClN6O/c1-4-17-22-12-15(20)18(24-17)23-16-6-5-13(11-14(16)19(27)21-2)26-9-7-25(3)8-10-26/h5-6,11-12H,4,7-10H2,1-3H3,(H,21,27)(H,22,23,24). The maximum Gasteiger partial charge on any atom is 0.253 e. The molecule has 3 rings (SSSR count). The van der Waals surface area contributed by atoms with Gasteiger partial charge in [0.1, 0.15) is 10.8 Å². The van der Waals surface area contributed by atoms with Gasteiger partial charge in [-0.05, 0) is 25.2 Å². The van der Waals surface area contributed by atoms with Gasteiger partial charge in [-0.25, -0.2) is 9.97 Å². The van der Waals surface area contributed by atoms with Gasteiger partial charge < -0.3 is 20.4 Å². The van der Waals surface area contributed by atoms with E-state index in [1.807, 2.05) is 25.1 Å². The van der Waals surface area contributed by atoms with Crippen molar-refractivity contribution in [1.29, 1.82) is 0 Å². The highest BCUT2D eigenvalue weighted by Gasteiger charge is 2.18. The molecular weight excluding hydrogens is 364 g/mol. The molecule has 1 fully saturated rings. The number of halogens is 1. The number of hydrogen-bond donors (Lipinski definition) is 2. The Labute approximate surface area is 164 Å². The topological polar surface area (TPSA) is 73.4 Å². The van der Waals surface area contributed by atoms with Gasteiger partial charge in [-0.2, -0.15) is 0 Å².